The van der Waals surface area contributed by atoms with Crippen LogP contribution >= 0.6 is 39.0 Å². The monoisotopic (exact) mass is 334 g/mol. The molecule has 0 radical (unpaired) electrons. The lowest BCUT2D eigenvalue weighted by atomic mass is 10.0. The second-order valence-corrected chi connectivity index (χ2v) is 8.13. The van der Waals surface area contributed by atoms with Crippen LogP contribution in [0.5, 0.6) is 0 Å². The van der Waals surface area contributed by atoms with E-state index in [1.54, 1.807) is 0 Å². The lowest BCUT2D eigenvalue weighted by Crippen LogP contribution is -2.52. The summed E-state index contributed by atoms with van der Waals surface area (Å²) in [7, 11) is 4.33. The summed E-state index contributed by atoms with van der Waals surface area (Å²) < 4.78 is 1.23. The first-order chi connectivity index (χ1) is 8.20. The molecule has 0 bridgehead atoms. The standard InChI is InChI=1S/C12H19BrN2S2/c1-14-10(7-9-3-4-12(13)17-9)11-8-16-6-5-15(11)2/h3-4,10-11,14H,5-8H2,1-2H3. The summed E-state index contributed by atoms with van der Waals surface area (Å²) in [6.45, 7) is 1.21. The summed E-state index contributed by atoms with van der Waals surface area (Å²) in [5.41, 5.74) is 0. The molecule has 1 fully saturated rings. The molecule has 1 aromatic rings. The Morgan fingerprint density at radius 1 is 1.59 bits per heavy atom. The summed E-state index contributed by atoms with van der Waals surface area (Å²) in [6.07, 6.45) is 1.13. The number of thioether (sulfide) groups is 1. The number of nitrogens with one attached hydrogen (secondary N) is 1. The van der Waals surface area contributed by atoms with E-state index in [0.29, 0.717) is 12.1 Å². The summed E-state index contributed by atoms with van der Waals surface area (Å²) in [5, 5.41) is 3.50. The van der Waals surface area contributed by atoms with Crippen LogP contribution in [0.25, 0.3) is 0 Å². The van der Waals surface area contributed by atoms with Crippen molar-refractivity contribution in [2.45, 2.75) is 18.5 Å². The van der Waals surface area contributed by atoms with E-state index in [9.17, 15) is 0 Å². The Labute approximate surface area is 120 Å². The molecule has 0 aromatic carbocycles. The van der Waals surface area contributed by atoms with Crippen molar-refractivity contribution in [3.05, 3.63) is 20.8 Å². The van der Waals surface area contributed by atoms with Gasteiger partial charge < -0.3 is 10.2 Å². The summed E-state index contributed by atoms with van der Waals surface area (Å²) in [6, 6.07) is 5.58. The fourth-order valence-corrected chi connectivity index (χ4v) is 5.09. The molecule has 0 spiro atoms. The lowest BCUT2D eigenvalue weighted by molar-refractivity contribution is 0.219. The molecule has 5 heteroatoms. The second kappa shape index (κ2) is 6.57. The average Bonchev–Trinajstić information content (AvgIpc) is 2.73. The maximum atomic E-state index is 3.54. The third-order valence-corrected chi connectivity index (χ3v) is 6.02. The second-order valence-electron chi connectivity index (χ2n) is 4.43. The van der Waals surface area contributed by atoms with Gasteiger partial charge in [-0.2, -0.15) is 11.8 Å². The zero-order valence-corrected chi connectivity index (χ0v) is 13.5. The number of halogens is 1. The van der Waals surface area contributed by atoms with E-state index in [1.807, 2.05) is 11.3 Å². The van der Waals surface area contributed by atoms with Crippen molar-refractivity contribution in [3.8, 4) is 0 Å². The largest absolute Gasteiger partial charge is 0.315 e. The van der Waals surface area contributed by atoms with Gasteiger partial charge in [0.1, 0.15) is 0 Å². The van der Waals surface area contributed by atoms with Crippen molar-refractivity contribution in [3.63, 3.8) is 0 Å². The van der Waals surface area contributed by atoms with Gasteiger partial charge in [-0.15, -0.1) is 11.3 Å². The van der Waals surface area contributed by atoms with Gasteiger partial charge in [0.25, 0.3) is 0 Å². The first-order valence-corrected chi connectivity index (χ1v) is 8.66. The van der Waals surface area contributed by atoms with Gasteiger partial charge in [0.2, 0.25) is 0 Å². The maximum Gasteiger partial charge on any atom is 0.0701 e. The Bertz CT molecular complexity index is 356. The third-order valence-electron chi connectivity index (χ3n) is 3.33. The van der Waals surface area contributed by atoms with Gasteiger partial charge in [0.05, 0.1) is 3.79 Å². The van der Waals surface area contributed by atoms with Crippen LogP contribution in [0.1, 0.15) is 4.88 Å². The predicted molar refractivity (Wildman–Crippen MR) is 82.3 cm³/mol. The van der Waals surface area contributed by atoms with Crippen molar-refractivity contribution in [1.29, 1.82) is 0 Å². The minimum absolute atomic E-state index is 0.554. The molecule has 2 rings (SSSR count). The quantitative estimate of drug-likeness (QED) is 0.911. The zero-order chi connectivity index (χ0) is 12.3. The van der Waals surface area contributed by atoms with Gasteiger partial charge in [0, 0.05) is 35.0 Å². The van der Waals surface area contributed by atoms with Gasteiger partial charge in [0.15, 0.2) is 0 Å². The molecule has 2 atom stereocenters. The fourth-order valence-electron chi connectivity index (χ4n) is 2.24. The van der Waals surface area contributed by atoms with Crippen molar-refractivity contribution in [1.82, 2.24) is 10.2 Å². The van der Waals surface area contributed by atoms with Crippen molar-refractivity contribution < 1.29 is 0 Å². The first-order valence-electron chi connectivity index (χ1n) is 5.90. The first kappa shape index (κ1) is 13.9. The number of hydrogen-bond acceptors (Lipinski definition) is 4. The maximum absolute atomic E-state index is 3.54. The van der Waals surface area contributed by atoms with E-state index in [2.05, 4.69) is 64.1 Å². The Hall–Kier alpha value is 0.450. The molecule has 0 aliphatic carbocycles. The van der Waals surface area contributed by atoms with Crippen LogP contribution in [0, 0.1) is 0 Å². The minimum atomic E-state index is 0.554. The molecule has 2 unspecified atom stereocenters. The highest BCUT2D eigenvalue weighted by molar-refractivity contribution is 9.11. The normalized spacial score (nSPS) is 23.8. The molecule has 1 aliphatic heterocycles. The summed E-state index contributed by atoms with van der Waals surface area (Å²) in [5.74, 6) is 2.52. The van der Waals surface area contributed by atoms with Crippen LogP contribution in [0.2, 0.25) is 0 Å². The number of rotatable bonds is 4. The summed E-state index contributed by atoms with van der Waals surface area (Å²) >= 11 is 7.46. The van der Waals surface area contributed by atoms with Crippen LogP contribution in [0.3, 0.4) is 0 Å². The Kier molecular flexibility index (Phi) is 5.36. The molecule has 96 valence electrons. The molecule has 2 nitrogen and oxygen atoms in total. The van der Waals surface area contributed by atoms with E-state index in [4.69, 9.17) is 0 Å². The number of hydrogen-bond donors (Lipinski definition) is 1. The molecule has 1 aliphatic rings. The smallest absolute Gasteiger partial charge is 0.0701 e. The van der Waals surface area contributed by atoms with Gasteiger partial charge in [-0.3, -0.25) is 0 Å². The highest BCUT2D eigenvalue weighted by Crippen LogP contribution is 2.25. The van der Waals surface area contributed by atoms with Crippen molar-refractivity contribution in [2.24, 2.45) is 0 Å². The minimum Gasteiger partial charge on any atom is -0.315 e. The van der Waals surface area contributed by atoms with E-state index in [0.717, 1.165) is 6.42 Å². The topological polar surface area (TPSA) is 15.3 Å². The van der Waals surface area contributed by atoms with Gasteiger partial charge in [-0.1, -0.05) is 0 Å². The van der Waals surface area contributed by atoms with Gasteiger partial charge in [-0.05, 0) is 48.6 Å². The molecular weight excluding hydrogens is 316 g/mol. The SMILES string of the molecule is CNC(Cc1ccc(Br)s1)C1CSCCN1C. The summed E-state index contributed by atoms with van der Waals surface area (Å²) in [4.78, 5) is 3.96. The van der Waals surface area contributed by atoms with Crippen LogP contribution in [-0.2, 0) is 6.42 Å². The Morgan fingerprint density at radius 3 is 3.00 bits per heavy atom. The van der Waals surface area contributed by atoms with Crippen LogP contribution in [0.4, 0.5) is 0 Å². The van der Waals surface area contributed by atoms with Gasteiger partial charge >= 0.3 is 0 Å². The molecular formula is C12H19BrN2S2. The molecule has 0 amide bonds. The molecule has 1 N–H and O–H groups in total. The molecule has 1 aromatic heterocycles. The van der Waals surface area contributed by atoms with Crippen molar-refractivity contribution >= 4 is 39.0 Å². The van der Waals surface area contributed by atoms with Crippen LogP contribution in [-0.4, -0.2) is 49.1 Å². The number of nitrogens with zero attached hydrogens (tertiary/aromatic N) is 1. The Balaban J connectivity index is 2.00. The molecule has 0 saturated carbocycles. The van der Waals surface area contributed by atoms with Crippen LogP contribution < -0.4 is 5.32 Å². The van der Waals surface area contributed by atoms with E-state index < -0.39 is 0 Å². The third kappa shape index (κ3) is 3.70. The zero-order valence-electron chi connectivity index (χ0n) is 10.3. The fraction of sp³-hybridized carbons (Fsp3) is 0.667. The molecule has 2 heterocycles. The predicted octanol–water partition coefficient (Wildman–Crippen LogP) is 2.69. The number of thiophene rings is 1. The van der Waals surface area contributed by atoms with E-state index in [-0.39, 0.29) is 0 Å². The van der Waals surface area contributed by atoms with Gasteiger partial charge in [-0.25, -0.2) is 0 Å². The number of likely N-dealkylation sites (N-methyl/N-ethyl adjacent to an activating group) is 2. The Morgan fingerprint density at radius 2 is 2.41 bits per heavy atom. The highest BCUT2D eigenvalue weighted by atomic mass is 79.9. The van der Waals surface area contributed by atoms with E-state index in [1.165, 1.54) is 26.7 Å². The van der Waals surface area contributed by atoms with E-state index >= 15 is 0 Å². The van der Waals surface area contributed by atoms with Crippen LogP contribution in [0.15, 0.2) is 15.9 Å². The molecule has 17 heavy (non-hydrogen) atoms. The lowest BCUT2D eigenvalue weighted by Gasteiger charge is -2.37. The average molecular weight is 335 g/mol. The highest BCUT2D eigenvalue weighted by Gasteiger charge is 2.27. The molecule has 1 saturated heterocycles. The van der Waals surface area contributed by atoms with Crippen molar-refractivity contribution in [2.75, 3.05) is 32.1 Å².